The van der Waals surface area contributed by atoms with Crippen LogP contribution in [0.3, 0.4) is 0 Å². The number of para-hydroxylation sites is 2. The second-order valence-corrected chi connectivity index (χ2v) is 6.89. The molecule has 0 saturated heterocycles. The number of nitrogens with one attached hydrogen (secondary N) is 1. The Balaban J connectivity index is 1.57. The predicted molar refractivity (Wildman–Crippen MR) is 109 cm³/mol. The molecule has 28 heavy (non-hydrogen) atoms. The number of aromatic nitrogens is 1. The molecule has 0 bridgehead atoms. The molecule has 0 fully saturated rings. The number of thiazole rings is 1. The Kier molecular flexibility index (Phi) is 6.62. The number of halogens is 1. The fourth-order valence-corrected chi connectivity index (χ4v) is 3.26. The van der Waals surface area contributed by atoms with Crippen LogP contribution in [0, 0.1) is 0 Å². The summed E-state index contributed by atoms with van der Waals surface area (Å²) in [6.45, 7) is 1.90. The maximum Gasteiger partial charge on any atom is 0.358 e. The summed E-state index contributed by atoms with van der Waals surface area (Å²) in [7, 11) is 0. The first-order valence-electron chi connectivity index (χ1n) is 8.47. The summed E-state index contributed by atoms with van der Waals surface area (Å²) in [5.41, 5.74) is 1.51. The van der Waals surface area contributed by atoms with Crippen LogP contribution in [0.15, 0.2) is 53.9 Å². The number of esters is 1. The summed E-state index contributed by atoms with van der Waals surface area (Å²) in [5.74, 6) is -0.574. The highest BCUT2D eigenvalue weighted by molar-refractivity contribution is 7.13. The Labute approximate surface area is 171 Å². The van der Waals surface area contributed by atoms with Gasteiger partial charge in [0.1, 0.15) is 10.8 Å². The van der Waals surface area contributed by atoms with Gasteiger partial charge in [0.2, 0.25) is 0 Å². The summed E-state index contributed by atoms with van der Waals surface area (Å²) in [6, 6.07) is 14.2. The molecule has 6 nitrogen and oxygen atoms in total. The van der Waals surface area contributed by atoms with Gasteiger partial charge >= 0.3 is 5.97 Å². The molecule has 0 atom stereocenters. The zero-order valence-corrected chi connectivity index (χ0v) is 16.5. The van der Waals surface area contributed by atoms with E-state index in [0.717, 1.165) is 5.56 Å². The van der Waals surface area contributed by atoms with Crippen LogP contribution in [0.5, 0.6) is 5.75 Å². The standard InChI is InChI=1S/C20H17ClN2O4S/c1-2-26-17-6-4-3-5-15(17)22-18(24)11-27-20(25)16-12-28-19(23-16)13-7-9-14(21)10-8-13/h3-10,12H,2,11H2,1H3,(H,22,24). The molecule has 1 amide bonds. The topological polar surface area (TPSA) is 77.5 Å². The molecule has 1 N–H and O–H groups in total. The van der Waals surface area contributed by atoms with Crippen molar-refractivity contribution in [3.63, 3.8) is 0 Å². The van der Waals surface area contributed by atoms with E-state index in [2.05, 4.69) is 10.3 Å². The molecule has 0 spiro atoms. The Morgan fingerprint density at radius 1 is 1.14 bits per heavy atom. The summed E-state index contributed by atoms with van der Waals surface area (Å²) < 4.78 is 10.5. The van der Waals surface area contributed by atoms with E-state index in [0.29, 0.717) is 28.1 Å². The van der Waals surface area contributed by atoms with E-state index in [-0.39, 0.29) is 5.69 Å². The van der Waals surface area contributed by atoms with Crippen molar-refractivity contribution in [2.24, 2.45) is 0 Å². The average Bonchev–Trinajstić information content (AvgIpc) is 3.19. The van der Waals surface area contributed by atoms with Gasteiger partial charge in [-0.15, -0.1) is 11.3 Å². The number of hydrogen-bond donors (Lipinski definition) is 1. The normalized spacial score (nSPS) is 10.4. The minimum absolute atomic E-state index is 0.150. The first-order valence-corrected chi connectivity index (χ1v) is 9.73. The van der Waals surface area contributed by atoms with E-state index < -0.39 is 18.5 Å². The second kappa shape index (κ2) is 9.34. The molecule has 3 rings (SSSR count). The van der Waals surface area contributed by atoms with Gasteiger partial charge in [0, 0.05) is 16.0 Å². The molecule has 2 aromatic carbocycles. The maximum atomic E-state index is 12.2. The monoisotopic (exact) mass is 416 g/mol. The quantitative estimate of drug-likeness (QED) is 0.567. The average molecular weight is 417 g/mol. The Hall–Kier alpha value is -2.90. The fourth-order valence-electron chi connectivity index (χ4n) is 2.34. The van der Waals surface area contributed by atoms with Crippen molar-refractivity contribution in [3.05, 3.63) is 64.6 Å². The van der Waals surface area contributed by atoms with Gasteiger partial charge in [-0.3, -0.25) is 4.79 Å². The van der Waals surface area contributed by atoms with Crippen LogP contribution < -0.4 is 10.1 Å². The smallest absolute Gasteiger partial charge is 0.358 e. The Morgan fingerprint density at radius 2 is 1.89 bits per heavy atom. The number of ether oxygens (including phenoxy) is 2. The lowest BCUT2D eigenvalue weighted by Gasteiger charge is -2.11. The van der Waals surface area contributed by atoms with Crippen LogP contribution in [-0.2, 0) is 9.53 Å². The zero-order valence-electron chi connectivity index (χ0n) is 15.0. The van der Waals surface area contributed by atoms with Crippen molar-refractivity contribution in [3.8, 4) is 16.3 Å². The third-order valence-corrected chi connectivity index (χ3v) is 4.74. The lowest BCUT2D eigenvalue weighted by molar-refractivity contribution is -0.119. The van der Waals surface area contributed by atoms with Gasteiger partial charge in [0.15, 0.2) is 12.3 Å². The number of carbonyl (C=O) groups excluding carboxylic acids is 2. The van der Waals surface area contributed by atoms with Gasteiger partial charge in [0.25, 0.3) is 5.91 Å². The molecule has 3 aromatic rings. The van der Waals surface area contributed by atoms with Crippen LogP contribution >= 0.6 is 22.9 Å². The Bertz CT molecular complexity index is 972. The molecular weight excluding hydrogens is 400 g/mol. The summed E-state index contributed by atoms with van der Waals surface area (Å²) in [4.78, 5) is 28.5. The van der Waals surface area contributed by atoms with Crippen LogP contribution in [0.4, 0.5) is 5.69 Å². The summed E-state index contributed by atoms with van der Waals surface area (Å²) in [6.07, 6.45) is 0. The van der Waals surface area contributed by atoms with Crippen molar-refractivity contribution in [2.75, 3.05) is 18.5 Å². The molecule has 0 aliphatic carbocycles. The Morgan fingerprint density at radius 3 is 2.64 bits per heavy atom. The number of hydrogen-bond acceptors (Lipinski definition) is 6. The van der Waals surface area contributed by atoms with Crippen molar-refractivity contribution in [1.82, 2.24) is 4.98 Å². The van der Waals surface area contributed by atoms with Crippen molar-refractivity contribution >= 4 is 40.5 Å². The molecular formula is C20H17ClN2O4S. The minimum Gasteiger partial charge on any atom is -0.492 e. The van der Waals surface area contributed by atoms with Crippen molar-refractivity contribution in [2.45, 2.75) is 6.92 Å². The third kappa shape index (κ3) is 5.09. The molecule has 0 radical (unpaired) electrons. The molecule has 1 aromatic heterocycles. The van der Waals surface area contributed by atoms with Crippen LogP contribution in [0.2, 0.25) is 5.02 Å². The highest BCUT2D eigenvalue weighted by Gasteiger charge is 2.16. The highest BCUT2D eigenvalue weighted by atomic mass is 35.5. The van der Waals surface area contributed by atoms with E-state index in [1.54, 1.807) is 41.8 Å². The maximum absolute atomic E-state index is 12.2. The lowest BCUT2D eigenvalue weighted by Crippen LogP contribution is -2.21. The van der Waals surface area contributed by atoms with Gasteiger partial charge in [-0.25, -0.2) is 9.78 Å². The van der Waals surface area contributed by atoms with E-state index in [9.17, 15) is 9.59 Å². The predicted octanol–water partition coefficient (Wildman–Crippen LogP) is 4.66. The van der Waals surface area contributed by atoms with Gasteiger partial charge in [-0.1, -0.05) is 35.9 Å². The SMILES string of the molecule is CCOc1ccccc1NC(=O)COC(=O)c1csc(-c2ccc(Cl)cc2)n1. The molecule has 0 aliphatic heterocycles. The van der Waals surface area contributed by atoms with Crippen LogP contribution in [0.1, 0.15) is 17.4 Å². The van der Waals surface area contributed by atoms with Crippen LogP contribution in [-0.4, -0.2) is 30.1 Å². The molecule has 144 valence electrons. The molecule has 0 aliphatic rings. The second-order valence-electron chi connectivity index (χ2n) is 5.60. The summed E-state index contributed by atoms with van der Waals surface area (Å²) >= 11 is 7.18. The first kappa shape index (κ1) is 19.9. The van der Waals surface area contributed by atoms with Gasteiger partial charge in [-0.2, -0.15) is 0 Å². The fraction of sp³-hybridized carbons (Fsp3) is 0.150. The largest absolute Gasteiger partial charge is 0.492 e. The molecule has 1 heterocycles. The van der Waals surface area contributed by atoms with Crippen molar-refractivity contribution < 1.29 is 19.1 Å². The van der Waals surface area contributed by atoms with E-state index in [1.807, 2.05) is 19.1 Å². The molecule has 0 saturated carbocycles. The summed E-state index contributed by atoms with van der Waals surface area (Å²) in [5, 5.41) is 5.55. The number of anilines is 1. The van der Waals surface area contributed by atoms with E-state index >= 15 is 0 Å². The highest BCUT2D eigenvalue weighted by Crippen LogP contribution is 2.26. The van der Waals surface area contributed by atoms with Crippen LogP contribution in [0.25, 0.3) is 10.6 Å². The van der Waals surface area contributed by atoms with E-state index in [1.165, 1.54) is 11.3 Å². The zero-order chi connectivity index (χ0) is 19.9. The molecule has 0 unspecified atom stereocenters. The number of amides is 1. The molecule has 8 heteroatoms. The van der Waals surface area contributed by atoms with Gasteiger partial charge in [-0.05, 0) is 31.2 Å². The van der Waals surface area contributed by atoms with E-state index in [4.69, 9.17) is 21.1 Å². The van der Waals surface area contributed by atoms with Gasteiger partial charge in [0.05, 0.1) is 12.3 Å². The third-order valence-electron chi connectivity index (χ3n) is 3.60. The lowest BCUT2D eigenvalue weighted by atomic mass is 10.2. The first-order chi connectivity index (χ1) is 13.6. The number of carbonyl (C=O) groups is 2. The number of benzene rings is 2. The number of rotatable bonds is 7. The van der Waals surface area contributed by atoms with Gasteiger partial charge < -0.3 is 14.8 Å². The minimum atomic E-state index is -0.662. The van der Waals surface area contributed by atoms with Crippen molar-refractivity contribution in [1.29, 1.82) is 0 Å². The number of nitrogens with zero attached hydrogens (tertiary/aromatic N) is 1.